The zero-order chi connectivity index (χ0) is 17.6. The summed E-state index contributed by atoms with van der Waals surface area (Å²) in [7, 11) is 3.03. The van der Waals surface area contributed by atoms with Gasteiger partial charge in [0.2, 0.25) is 0 Å². The number of carbonyl (C=O) groups excluding carboxylic acids is 1. The minimum Gasteiger partial charge on any atom is -0.497 e. The van der Waals surface area contributed by atoms with E-state index in [1.54, 1.807) is 37.2 Å². The minimum absolute atomic E-state index is 0.326. The fourth-order valence-corrected chi connectivity index (χ4v) is 3.29. The van der Waals surface area contributed by atoms with E-state index in [-0.39, 0.29) is 5.97 Å². The summed E-state index contributed by atoms with van der Waals surface area (Å²) in [5.74, 6) is 1.23. The second-order valence-corrected chi connectivity index (χ2v) is 6.20. The Bertz CT molecular complexity index is 859. The molecule has 0 bridgehead atoms. The highest BCUT2D eigenvalue weighted by Crippen LogP contribution is 2.26. The van der Waals surface area contributed by atoms with Crippen molar-refractivity contribution in [3.63, 3.8) is 0 Å². The molecule has 1 heterocycles. The van der Waals surface area contributed by atoms with Crippen LogP contribution in [0.25, 0.3) is 5.69 Å². The summed E-state index contributed by atoms with van der Waals surface area (Å²) < 4.78 is 12.0. The number of thioether (sulfide) groups is 1. The molecule has 0 aliphatic heterocycles. The zero-order valence-electron chi connectivity index (χ0n) is 14.0. The van der Waals surface area contributed by atoms with E-state index >= 15 is 0 Å². The number of hydrogen-bond acceptors (Lipinski definition) is 5. The number of imidazole rings is 1. The predicted molar refractivity (Wildman–Crippen MR) is 97.5 cm³/mol. The molecule has 3 rings (SSSR count). The van der Waals surface area contributed by atoms with Crippen LogP contribution >= 0.6 is 11.8 Å². The summed E-state index contributed by atoms with van der Waals surface area (Å²) in [5, 5.41) is 0.894. The summed E-state index contributed by atoms with van der Waals surface area (Å²) in [5.41, 5.74) is 2.66. The topological polar surface area (TPSA) is 53.3 Å². The van der Waals surface area contributed by atoms with Crippen molar-refractivity contribution in [2.45, 2.75) is 10.9 Å². The highest BCUT2D eigenvalue weighted by atomic mass is 32.2. The number of benzene rings is 2. The lowest BCUT2D eigenvalue weighted by atomic mass is 10.1. The quantitative estimate of drug-likeness (QED) is 0.495. The van der Waals surface area contributed by atoms with E-state index in [1.807, 2.05) is 47.2 Å². The van der Waals surface area contributed by atoms with E-state index in [0.29, 0.717) is 5.56 Å². The summed E-state index contributed by atoms with van der Waals surface area (Å²) in [6, 6.07) is 15.3. The highest BCUT2D eigenvalue weighted by Gasteiger charge is 2.08. The molecule has 0 spiro atoms. The molecule has 0 radical (unpaired) electrons. The number of nitrogens with zero attached hydrogens (tertiary/aromatic N) is 2. The van der Waals surface area contributed by atoms with Crippen molar-refractivity contribution in [1.82, 2.24) is 9.55 Å². The third kappa shape index (κ3) is 4.03. The second-order valence-electron chi connectivity index (χ2n) is 5.26. The molecule has 0 aliphatic rings. The number of hydrogen-bond donors (Lipinski definition) is 0. The van der Waals surface area contributed by atoms with Crippen molar-refractivity contribution in [2.75, 3.05) is 14.2 Å². The first kappa shape index (κ1) is 17.1. The zero-order valence-corrected chi connectivity index (χ0v) is 14.8. The van der Waals surface area contributed by atoms with Crippen molar-refractivity contribution in [3.05, 3.63) is 72.1 Å². The van der Waals surface area contributed by atoms with Gasteiger partial charge in [0.05, 0.1) is 25.5 Å². The lowest BCUT2D eigenvalue weighted by molar-refractivity contribution is 0.0600. The summed E-state index contributed by atoms with van der Waals surface area (Å²) in [6.45, 7) is 0. The van der Waals surface area contributed by atoms with Crippen molar-refractivity contribution in [2.24, 2.45) is 0 Å². The lowest BCUT2D eigenvalue weighted by Gasteiger charge is -2.09. The molecule has 0 saturated carbocycles. The van der Waals surface area contributed by atoms with Crippen LogP contribution in [0.4, 0.5) is 0 Å². The molecular weight excluding hydrogens is 336 g/mol. The van der Waals surface area contributed by atoms with Gasteiger partial charge < -0.3 is 9.47 Å². The molecule has 6 heteroatoms. The SMILES string of the molecule is COC(=O)c1ccc(CSc2nccn2-c2cccc(OC)c2)cc1. The van der Waals surface area contributed by atoms with Gasteiger partial charge in [0.25, 0.3) is 0 Å². The average molecular weight is 354 g/mol. The Morgan fingerprint density at radius 3 is 2.68 bits per heavy atom. The molecule has 1 aromatic heterocycles. The molecule has 0 saturated heterocycles. The smallest absolute Gasteiger partial charge is 0.337 e. The van der Waals surface area contributed by atoms with Gasteiger partial charge in [-0.25, -0.2) is 9.78 Å². The molecule has 5 nitrogen and oxygen atoms in total. The number of esters is 1. The molecular formula is C19H18N2O3S. The van der Waals surface area contributed by atoms with Gasteiger partial charge in [-0.3, -0.25) is 4.57 Å². The first-order chi connectivity index (χ1) is 12.2. The second kappa shape index (κ2) is 7.90. The molecule has 128 valence electrons. The van der Waals surface area contributed by atoms with Crippen LogP contribution in [0.5, 0.6) is 5.75 Å². The maximum absolute atomic E-state index is 11.5. The Labute approximate surface area is 150 Å². The lowest BCUT2D eigenvalue weighted by Crippen LogP contribution is -2.00. The fourth-order valence-electron chi connectivity index (χ4n) is 2.36. The first-order valence-corrected chi connectivity index (χ1v) is 8.67. The monoisotopic (exact) mass is 354 g/mol. The molecule has 0 aliphatic carbocycles. The Morgan fingerprint density at radius 1 is 1.16 bits per heavy atom. The van der Waals surface area contributed by atoms with Crippen LogP contribution in [0.1, 0.15) is 15.9 Å². The Morgan fingerprint density at radius 2 is 1.96 bits per heavy atom. The third-order valence-corrected chi connectivity index (χ3v) is 4.72. The van der Waals surface area contributed by atoms with Crippen molar-refractivity contribution < 1.29 is 14.3 Å². The largest absolute Gasteiger partial charge is 0.497 e. The molecule has 3 aromatic rings. The summed E-state index contributed by atoms with van der Waals surface area (Å²) in [6.07, 6.45) is 3.71. The van der Waals surface area contributed by atoms with Gasteiger partial charge in [-0.05, 0) is 29.8 Å². The molecule has 2 aromatic carbocycles. The fraction of sp³-hybridized carbons (Fsp3) is 0.158. The molecule has 25 heavy (non-hydrogen) atoms. The van der Waals surface area contributed by atoms with Crippen LogP contribution in [0.15, 0.2) is 66.1 Å². The molecule has 0 fully saturated rings. The molecule has 0 atom stereocenters. The van der Waals surface area contributed by atoms with Crippen LogP contribution in [-0.2, 0) is 10.5 Å². The van der Waals surface area contributed by atoms with E-state index in [9.17, 15) is 4.79 Å². The normalized spacial score (nSPS) is 10.5. The van der Waals surface area contributed by atoms with E-state index in [0.717, 1.165) is 27.9 Å². The van der Waals surface area contributed by atoms with Crippen LogP contribution in [0.2, 0.25) is 0 Å². The maximum atomic E-state index is 11.5. The predicted octanol–water partition coefficient (Wildman–Crippen LogP) is 3.96. The van der Waals surface area contributed by atoms with Crippen molar-refractivity contribution >= 4 is 17.7 Å². The standard InChI is InChI=1S/C19H18N2O3S/c1-23-17-5-3-4-16(12-17)21-11-10-20-19(21)25-13-14-6-8-15(9-7-14)18(22)24-2/h3-12H,13H2,1-2H3. The highest BCUT2D eigenvalue weighted by molar-refractivity contribution is 7.98. The third-order valence-electron chi connectivity index (χ3n) is 3.68. The Kier molecular flexibility index (Phi) is 5.40. The van der Waals surface area contributed by atoms with E-state index in [2.05, 4.69) is 4.98 Å². The molecule has 0 amide bonds. The average Bonchev–Trinajstić information content (AvgIpc) is 3.15. The van der Waals surface area contributed by atoms with Gasteiger partial charge >= 0.3 is 5.97 Å². The molecule has 0 unspecified atom stereocenters. The van der Waals surface area contributed by atoms with E-state index < -0.39 is 0 Å². The minimum atomic E-state index is -0.326. The number of ether oxygens (including phenoxy) is 2. The van der Waals surface area contributed by atoms with Crippen LogP contribution in [0, 0.1) is 0 Å². The first-order valence-electron chi connectivity index (χ1n) is 7.69. The van der Waals surface area contributed by atoms with Crippen LogP contribution in [-0.4, -0.2) is 29.7 Å². The Hall–Kier alpha value is -2.73. The van der Waals surface area contributed by atoms with Crippen LogP contribution < -0.4 is 4.74 Å². The van der Waals surface area contributed by atoms with Crippen molar-refractivity contribution in [1.29, 1.82) is 0 Å². The Balaban J connectivity index is 1.72. The number of methoxy groups -OCH3 is 2. The van der Waals surface area contributed by atoms with Gasteiger partial charge in [0.15, 0.2) is 5.16 Å². The number of carbonyl (C=O) groups is 1. The summed E-state index contributed by atoms with van der Waals surface area (Å²) in [4.78, 5) is 15.9. The van der Waals surface area contributed by atoms with Crippen molar-refractivity contribution in [3.8, 4) is 11.4 Å². The van der Waals surface area contributed by atoms with Gasteiger partial charge in [-0.1, -0.05) is 30.0 Å². The van der Waals surface area contributed by atoms with Gasteiger partial charge in [-0.2, -0.15) is 0 Å². The van der Waals surface area contributed by atoms with E-state index in [4.69, 9.17) is 9.47 Å². The summed E-state index contributed by atoms with van der Waals surface area (Å²) >= 11 is 1.63. The number of rotatable bonds is 6. The van der Waals surface area contributed by atoms with E-state index in [1.165, 1.54) is 7.11 Å². The van der Waals surface area contributed by atoms with Gasteiger partial charge in [-0.15, -0.1) is 0 Å². The number of aromatic nitrogens is 2. The van der Waals surface area contributed by atoms with Gasteiger partial charge in [0.1, 0.15) is 5.75 Å². The van der Waals surface area contributed by atoms with Gasteiger partial charge in [0, 0.05) is 24.2 Å². The van der Waals surface area contributed by atoms with Crippen LogP contribution in [0.3, 0.4) is 0 Å². The maximum Gasteiger partial charge on any atom is 0.337 e. The molecule has 0 N–H and O–H groups in total.